The first-order chi connectivity index (χ1) is 8.70. The lowest BCUT2D eigenvalue weighted by molar-refractivity contribution is 0.628. The Morgan fingerprint density at radius 1 is 1.17 bits per heavy atom. The lowest BCUT2D eigenvalue weighted by Crippen LogP contribution is -2.22. The van der Waals surface area contributed by atoms with E-state index in [9.17, 15) is 0 Å². The van der Waals surface area contributed by atoms with Crippen molar-refractivity contribution < 1.29 is 0 Å². The van der Waals surface area contributed by atoms with Gasteiger partial charge < -0.3 is 5.32 Å². The maximum Gasteiger partial charge on any atom is 0.0591 e. The first-order valence-corrected chi connectivity index (χ1v) is 6.49. The fourth-order valence-corrected chi connectivity index (χ4v) is 2.15. The van der Waals surface area contributed by atoms with Gasteiger partial charge in [-0.3, -0.25) is 4.98 Å². The molecule has 1 N–H and O–H groups in total. The van der Waals surface area contributed by atoms with E-state index in [1.807, 2.05) is 24.5 Å². The minimum absolute atomic E-state index is 0.166. The number of hydrogen-bond donors (Lipinski definition) is 1. The molecule has 18 heavy (non-hydrogen) atoms. The van der Waals surface area contributed by atoms with Crippen molar-refractivity contribution in [1.82, 2.24) is 10.3 Å². The van der Waals surface area contributed by atoms with Gasteiger partial charge in [0.1, 0.15) is 0 Å². The molecule has 1 aromatic heterocycles. The third-order valence-corrected chi connectivity index (χ3v) is 3.09. The highest BCUT2D eigenvalue weighted by atomic mass is 35.5. The van der Waals surface area contributed by atoms with E-state index in [1.165, 1.54) is 16.7 Å². The van der Waals surface area contributed by atoms with Gasteiger partial charge in [-0.2, -0.15) is 0 Å². The summed E-state index contributed by atoms with van der Waals surface area (Å²) in [5, 5.41) is 4.24. The van der Waals surface area contributed by atoms with Crippen molar-refractivity contribution >= 4 is 11.6 Å². The first-order valence-electron chi connectivity index (χ1n) is 6.11. The van der Waals surface area contributed by atoms with Gasteiger partial charge >= 0.3 is 0 Å². The highest BCUT2D eigenvalue weighted by Gasteiger charge is 2.13. The Kier molecular flexibility index (Phi) is 4.34. The van der Waals surface area contributed by atoms with Gasteiger partial charge in [0.05, 0.1) is 6.04 Å². The molecule has 0 aliphatic carbocycles. The molecule has 94 valence electrons. The van der Waals surface area contributed by atoms with E-state index in [4.69, 9.17) is 11.6 Å². The van der Waals surface area contributed by atoms with Crippen LogP contribution in [0.5, 0.6) is 0 Å². The van der Waals surface area contributed by atoms with Crippen molar-refractivity contribution in [2.45, 2.75) is 19.9 Å². The summed E-state index contributed by atoms with van der Waals surface area (Å²) in [6.45, 7) is 5.06. The average molecular weight is 261 g/mol. The number of rotatable bonds is 4. The van der Waals surface area contributed by atoms with E-state index in [0.717, 1.165) is 11.6 Å². The minimum Gasteiger partial charge on any atom is -0.306 e. The zero-order valence-corrected chi connectivity index (χ0v) is 11.4. The maximum absolute atomic E-state index is 5.93. The number of halogens is 1. The maximum atomic E-state index is 5.93. The molecule has 1 atom stereocenters. The number of aryl methyl sites for hydroxylation is 1. The normalized spacial score (nSPS) is 12.4. The Hall–Kier alpha value is -1.38. The minimum atomic E-state index is 0.166. The van der Waals surface area contributed by atoms with E-state index in [1.54, 1.807) is 0 Å². The van der Waals surface area contributed by atoms with Crippen molar-refractivity contribution in [1.29, 1.82) is 0 Å². The Balaban J connectivity index is 2.36. The van der Waals surface area contributed by atoms with Gasteiger partial charge in [0.25, 0.3) is 0 Å². The summed E-state index contributed by atoms with van der Waals surface area (Å²) in [6.07, 6.45) is 3.78. The summed E-state index contributed by atoms with van der Waals surface area (Å²) in [6, 6.07) is 10.3. The van der Waals surface area contributed by atoms with Gasteiger partial charge in [-0.1, -0.05) is 36.7 Å². The molecule has 0 spiro atoms. The molecule has 2 rings (SSSR count). The zero-order chi connectivity index (χ0) is 13.0. The van der Waals surface area contributed by atoms with Crippen LogP contribution in [0.1, 0.15) is 29.7 Å². The number of nitrogens with zero attached hydrogens (tertiary/aromatic N) is 1. The molecule has 2 nitrogen and oxygen atoms in total. The topological polar surface area (TPSA) is 24.9 Å². The van der Waals surface area contributed by atoms with Gasteiger partial charge in [0.15, 0.2) is 0 Å². The average Bonchev–Trinajstić information content (AvgIpc) is 2.37. The third-order valence-electron chi connectivity index (χ3n) is 2.84. The molecule has 3 heteroatoms. The largest absolute Gasteiger partial charge is 0.306 e. The van der Waals surface area contributed by atoms with Crippen molar-refractivity contribution in [2.24, 2.45) is 0 Å². The Morgan fingerprint density at radius 3 is 2.50 bits per heavy atom. The summed E-state index contributed by atoms with van der Waals surface area (Å²) >= 11 is 5.93. The summed E-state index contributed by atoms with van der Waals surface area (Å²) < 4.78 is 0. The molecular formula is C15H17ClN2. The van der Waals surface area contributed by atoms with Crippen LogP contribution >= 0.6 is 11.6 Å². The fraction of sp³-hybridized carbons (Fsp3) is 0.267. The molecule has 0 bridgehead atoms. The number of hydrogen-bond acceptors (Lipinski definition) is 2. The lowest BCUT2D eigenvalue weighted by Gasteiger charge is -2.19. The summed E-state index contributed by atoms with van der Waals surface area (Å²) in [4.78, 5) is 4.26. The van der Waals surface area contributed by atoms with E-state index in [-0.39, 0.29) is 6.04 Å². The van der Waals surface area contributed by atoms with Crippen molar-refractivity contribution in [3.05, 3.63) is 64.4 Å². The molecule has 0 saturated carbocycles. The predicted molar refractivity (Wildman–Crippen MR) is 75.9 cm³/mol. The summed E-state index contributed by atoms with van der Waals surface area (Å²) in [5.41, 5.74) is 3.55. The van der Waals surface area contributed by atoms with E-state index >= 15 is 0 Å². The van der Waals surface area contributed by atoms with Crippen LogP contribution in [0, 0.1) is 6.92 Å². The second-order valence-corrected chi connectivity index (χ2v) is 4.77. The SMILES string of the molecule is CCNC(c1ccc(Cl)cc1)c1cncc(C)c1. The van der Waals surface area contributed by atoms with Gasteiger partial charge in [-0.05, 0) is 42.3 Å². The number of benzene rings is 1. The van der Waals surface area contributed by atoms with Crippen LogP contribution in [-0.2, 0) is 0 Å². The Morgan fingerprint density at radius 2 is 1.89 bits per heavy atom. The number of nitrogens with one attached hydrogen (secondary N) is 1. The van der Waals surface area contributed by atoms with Crippen LogP contribution in [0.15, 0.2) is 42.7 Å². The number of aromatic nitrogens is 1. The zero-order valence-electron chi connectivity index (χ0n) is 10.7. The van der Waals surface area contributed by atoms with Crippen LogP contribution in [-0.4, -0.2) is 11.5 Å². The fourth-order valence-electron chi connectivity index (χ4n) is 2.02. The van der Waals surface area contributed by atoms with E-state index < -0.39 is 0 Å². The van der Waals surface area contributed by atoms with E-state index in [2.05, 4.69) is 42.3 Å². The molecule has 0 aliphatic heterocycles. The predicted octanol–water partition coefficient (Wildman–Crippen LogP) is 3.74. The smallest absolute Gasteiger partial charge is 0.0591 e. The standard InChI is InChI=1S/C15H17ClN2/c1-3-18-15(12-4-6-14(16)7-5-12)13-8-11(2)9-17-10-13/h4-10,15,18H,3H2,1-2H3. The molecule has 0 fully saturated rings. The monoisotopic (exact) mass is 260 g/mol. The number of pyridine rings is 1. The second kappa shape index (κ2) is 5.98. The van der Waals surface area contributed by atoms with Crippen LogP contribution in [0.4, 0.5) is 0 Å². The third kappa shape index (κ3) is 3.09. The van der Waals surface area contributed by atoms with Crippen LogP contribution < -0.4 is 5.32 Å². The molecule has 0 amide bonds. The van der Waals surface area contributed by atoms with Crippen molar-refractivity contribution in [3.8, 4) is 0 Å². The van der Waals surface area contributed by atoms with Gasteiger partial charge in [0, 0.05) is 17.4 Å². The van der Waals surface area contributed by atoms with Gasteiger partial charge in [-0.15, -0.1) is 0 Å². The van der Waals surface area contributed by atoms with Gasteiger partial charge in [-0.25, -0.2) is 0 Å². The van der Waals surface area contributed by atoms with Gasteiger partial charge in [0.2, 0.25) is 0 Å². The first kappa shape index (κ1) is 13.1. The highest BCUT2D eigenvalue weighted by Crippen LogP contribution is 2.23. The molecule has 0 aliphatic rings. The quantitative estimate of drug-likeness (QED) is 0.906. The summed E-state index contributed by atoms with van der Waals surface area (Å²) in [5.74, 6) is 0. The Labute approximate surface area is 113 Å². The molecule has 2 aromatic rings. The summed E-state index contributed by atoms with van der Waals surface area (Å²) in [7, 11) is 0. The van der Waals surface area contributed by atoms with E-state index in [0.29, 0.717) is 0 Å². The Bertz CT molecular complexity index is 508. The molecule has 1 aromatic carbocycles. The van der Waals surface area contributed by atoms with Crippen molar-refractivity contribution in [3.63, 3.8) is 0 Å². The molecule has 1 unspecified atom stereocenters. The molecule has 1 heterocycles. The van der Waals surface area contributed by atoms with Crippen molar-refractivity contribution in [2.75, 3.05) is 6.54 Å². The van der Waals surface area contributed by atoms with Crippen LogP contribution in [0.3, 0.4) is 0 Å². The molecule has 0 radical (unpaired) electrons. The van der Waals surface area contributed by atoms with Crippen LogP contribution in [0.25, 0.3) is 0 Å². The molecular weight excluding hydrogens is 244 g/mol. The molecule has 0 saturated heterocycles. The lowest BCUT2D eigenvalue weighted by atomic mass is 9.99. The highest BCUT2D eigenvalue weighted by molar-refractivity contribution is 6.30. The second-order valence-electron chi connectivity index (χ2n) is 4.34. The van der Waals surface area contributed by atoms with Crippen LogP contribution in [0.2, 0.25) is 5.02 Å².